The molecule has 168 valence electrons. The van der Waals surface area contributed by atoms with Crippen molar-refractivity contribution >= 4 is 39.8 Å². The lowest BCUT2D eigenvalue weighted by Crippen LogP contribution is -2.50. The second-order valence-electron chi connectivity index (χ2n) is 8.03. The number of amides is 3. The summed E-state index contributed by atoms with van der Waals surface area (Å²) in [5, 5.41) is 12.6. The Kier molecular flexibility index (Phi) is 8.39. The van der Waals surface area contributed by atoms with Gasteiger partial charge in [0, 0.05) is 13.1 Å². The number of fused-ring (bicyclic) bond motifs is 1. The summed E-state index contributed by atoms with van der Waals surface area (Å²) in [6.45, 7) is 4.70. The van der Waals surface area contributed by atoms with Crippen LogP contribution < -0.4 is 16.0 Å². The summed E-state index contributed by atoms with van der Waals surface area (Å²) < 4.78 is 0. The molecule has 3 aromatic rings. The molecule has 0 aliphatic heterocycles. The molecule has 3 rings (SSSR count). The molecule has 0 aliphatic rings. The van der Waals surface area contributed by atoms with Gasteiger partial charge in [0.15, 0.2) is 0 Å². The van der Waals surface area contributed by atoms with Gasteiger partial charge < -0.3 is 16.0 Å². The van der Waals surface area contributed by atoms with Crippen molar-refractivity contribution in [2.45, 2.75) is 32.7 Å². The molecule has 1 unspecified atom stereocenters. The highest BCUT2D eigenvalue weighted by atomic mass is 32.1. The van der Waals surface area contributed by atoms with Gasteiger partial charge in [0.25, 0.3) is 5.91 Å². The fourth-order valence-electron chi connectivity index (χ4n) is 3.40. The van der Waals surface area contributed by atoms with Gasteiger partial charge in [-0.1, -0.05) is 62.4 Å². The van der Waals surface area contributed by atoms with Crippen LogP contribution >= 0.6 is 11.3 Å². The highest BCUT2D eigenvalue weighted by molar-refractivity contribution is 7.12. The Balaban J connectivity index is 1.44. The van der Waals surface area contributed by atoms with E-state index in [1.807, 2.05) is 67.8 Å². The predicted octanol–water partition coefficient (Wildman–Crippen LogP) is 3.52. The van der Waals surface area contributed by atoms with Gasteiger partial charge in [-0.25, -0.2) is 0 Å². The zero-order valence-electron chi connectivity index (χ0n) is 18.4. The third-order valence-electron chi connectivity index (χ3n) is 5.13. The Morgan fingerprint density at radius 1 is 0.906 bits per heavy atom. The molecule has 0 aliphatic carbocycles. The zero-order valence-corrected chi connectivity index (χ0v) is 19.2. The van der Waals surface area contributed by atoms with Crippen LogP contribution in [0.5, 0.6) is 0 Å². The molecule has 7 heteroatoms. The van der Waals surface area contributed by atoms with Crippen LogP contribution in [0, 0.1) is 5.92 Å². The van der Waals surface area contributed by atoms with Crippen LogP contribution in [-0.2, 0) is 16.0 Å². The number of carbonyl (C=O) groups excluding carboxylic acids is 3. The Labute approximate surface area is 192 Å². The van der Waals surface area contributed by atoms with Crippen molar-refractivity contribution in [3.05, 3.63) is 70.4 Å². The van der Waals surface area contributed by atoms with Crippen LogP contribution in [0.3, 0.4) is 0 Å². The van der Waals surface area contributed by atoms with Crippen molar-refractivity contribution in [2.24, 2.45) is 5.92 Å². The molecule has 0 saturated heterocycles. The molecule has 0 bridgehead atoms. The van der Waals surface area contributed by atoms with Gasteiger partial charge in [0.2, 0.25) is 11.8 Å². The summed E-state index contributed by atoms with van der Waals surface area (Å²) in [5.41, 5.74) is 0.908. The minimum atomic E-state index is -0.608. The molecule has 3 amide bonds. The van der Waals surface area contributed by atoms with Crippen molar-refractivity contribution in [3.63, 3.8) is 0 Å². The van der Waals surface area contributed by atoms with E-state index in [0.29, 0.717) is 24.4 Å². The Hall–Kier alpha value is -3.19. The Bertz CT molecular complexity index is 1060. The summed E-state index contributed by atoms with van der Waals surface area (Å²) in [6, 6.07) is 17.0. The lowest BCUT2D eigenvalue weighted by Gasteiger charge is -2.22. The molecule has 1 aromatic heterocycles. The number of hydrogen-bond donors (Lipinski definition) is 3. The van der Waals surface area contributed by atoms with Crippen molar-refractivity contribution < 1.29 is 14.4 Å². The van der Waals surface area contributed by atoms with E-state index in [9.17, 15) is 14.4 Å². The summed E-state index contributed by atoms with van der Waals surface area (Å²) >= 11 is 1.39. The van der Waals surface area contributed by atoms with Crippen molar-refractivity contribution in [1.29, 1.82) is 0 Å². The van der Waals surface area contributed by atoms with Crippen molar-refractivity contribution in [2.75, 3.05) is 13.1 Å². The van der Waals surface area contributed by atoms with Crippen LogP contribution in [-0.4, -0.2) is 36.9 Å². The molecule has 32 heavy (non-hydrogen) atoms. The van der Waals surface area contributed by atoms with Gasteiger partial charge in [-0.05, 0) is 40.1 Å². The molecule has 6 nitrogen and oxygen atoms in total. The number of thiophene rings is 1. The van der Waals surface area contributed by atoms with E-state index in [1.54, 1.807) is 6.07 Å². The van der Waals surface area contributed by atoms with Crippen LogP contribution in [0.25, 0.3) is 10.8 Å². The summed E-state index contributed by atoms with van der Waals surface area (Å²) in [4.78, 5) is 37.8. The molecule has 0 fully saturated rings. The Morgan fingerprint density at radius 2 is 1.66 bits per heavy atom. The number of benzene rings is 2. The molecule has 1 atom stereocenters. The van der Waals surface area contributed by atoms with Crippen LogP contribution in [0.1, 0.15) is 35.5 Å². The maximum Gasteiger partial charge on any atom is 0.261 e. The van der Waals surface area contributed by atoms with E-state index in [0.717, 1.165) is 16.3 Å². The number of rotatable bonds is 10. The maximum absolute atomic E-state index is 12.6. The largest absolute Gasteiger partial charge is 0.354 e. The van der Waals surface area contributed by atoms with Gasteiger partial charge in [0.05, 0.1) is 11.3 Å². The second kappa shape index (κ2) is 11.4. The van der Waals surface area contributed by atoms with E-state index >= 15 is 0 Å². The first kappa shape index (κ1) is 23.5. The molecule has 2 aromatic carbocycles. The summed E-state index contributed by atoms with van der Waals surface area (Å²) in [6.07, 6.45) is 0.828. The van der Waals surface area contributed by atoms with Crippen molar-refractivity contribution in [3.8, 4) is 0 Å². The smallest absolute Gasteiger partial charge is 0.261 e. The third kappa shape index (κ3) is 6.65. The van der Waals surface area contributed by atoms with E-state index in [-0.39, 0.29) is 30.1 Å². The van der Waals surface area contributed by atoms with Gasteiger partial charge in [-0.15, -0.1) is 11.3 Å². The molecular formula is C25H29N3O3S. The van der Waals surface area contributed by atoms with E-state index in [2.05, 4.69) is 16.0 Å². The molecule has 1 heterocycles. The average molecular weight is 452 g/mol. The molecule has 0 spiro atoms. The first-order valence-corrected chi connectivity index (χ1v) is 11.7. The fourth-order valence-corrected chi connectivity index (χ4v) is 4.04. The predicted molar refractivity (Wildman–Crippen MR) is 129 cm³/mol. The highest BCUT2D eigenvalue weighted by Crippen LogP contribution is 2.16. The molecule has 0 radical (unpaired) electrons. The molecule has 3 N–H and O–H groups in total. The van der Waals surface area contributed by atoms with Crippen molar-refractivity contribution in [1.82, 2.24) is 16.0 Å². The van der Waals surface area contributed by atoms with Gasteiger partial charge in [-0.3, -0.25) is 14.4 Å². The standard InChI is InChI=1S/C25H29N3O3S/c1-17(2)23(25(31)27-13-6-12-26-24(30)21-9-5-14-32-21)28-22(29)16-18-10-11-19-7-3-4-8-20(19)15-18/h3-5,7-11,14-15,17,23H,6,12-13,16H2,1-2H3,(H,26,30)(H,27,31)(H,28,29). The van der Waals surface area contributed by atoms with Gasteiger partial charge in [-0.2, -0.15) is 0 Å². The van der Waals surface area contributed by atoms with Gasteiger partial charge in [0.1, 0.15) is 6.04 Å². The monoisotopic (exact) mass is 451 g/mol. The van der Waals surface area contributed by atoms with E-state index in [1.165, 1.54) is 11.3 Å². The topological polar surface area (TPSA) is 87.3 Å². The Morgan fingerprint density at radius 3 is 2.38 bits per heavy atom. The molecular weight excluding hydrogens is 422 g/mol. The van der Waals surface area contributed by atoms with Gasteiger partial charge >= 0.3 is 0 Å². The number of hydrogen-bond acceptors (Lipinski definition) is 4. The van der Waals surface area contributed by atoms with Crippen LogP contribution in [0.4, 0.5) is 0 Å². The van der Waals surface area contributed by atoms with E-state index < -0.39 is 6.04 Å². The minimum Gasteiger partial charge on any atom is -0.354 e. The normalized spacial score (nSPS) is 11.8. The lowest BCUT2D eigenvalue weighted by atomic mass is 10.0. The number of carbonyl (C=O) groups is 3. The van der Waals surface area contributed by atoms with E-state index in [4.69, 9.17) is 0 Å². The zero-order chi connectivity index (χ0) is 22.9. The maximum atomic E-state index is 12.6. The van der Waals surface area contributed by atoms with Crippen LogP contribution in [0.2, 0.25) is 0 Å². The first-order valence-electron chi connectivity index (χ1n) is 10.8. The quantitative estimate of drug-likeness (QED) is 0.412. The minimum absolute atomic E-state index is 0.0471. The lowest BCUT2D eigenvalue weighted by molar-refractivity contribution is -0.129. The fraction of sp³-hybridized carbons (Fsp3) is 0.320. The first-order chi connectivity index (χ1) is 15.4. The molecule has 0 saturated carbocycles. The average Bonchev–Trinajstić information content (AvgIpc) is 3.32. The summed E-state index contributed by atoms with van der Waals surface area (Å²) in [7, 11) is 0. The van der Waals surface area contributed by atoms with Crippen LogP contribution in [0.15, 0.2) is 60.0 Å². The highest BCUT2D eigenvalue weighted by Gasteiger charge is 2.23. The summed E-state index contributed by atoms with van der Waals surface area (Å²) in [5.74, 6) is -0.546. The SMILES string of the molecule is CC(C)C(NC(=O)Cc1ccc2ccccc2c1)C(=O)NCCCNC(=O)c1cccs1. The number of nitrogens with one attached hydrogen (secondary N) is 3. The third-order valence-corrected chi connectivity index (χ3v) is 6.00. The second-order valence-corrected chi connectivity index (χ2v) is 8.97.